The second-order valence-electron chi connectivity index (χ2n) is 5.27. The van der Waals surface area contributed by atoms with Crippen LogP contribution in [0.1, 0.15) is 6.42 Å². The molecular weight excluding hydrogens is 265 g/mol. The number of rotatable bonds is 3. The highest BCUT2D eigenvalue weighted by atomic mass is 19.1. The Morgan fingerprint density at radius 2 is 2.00 bits per heavy atom. The number of anilines is 1. The van der Waals surface area contributed by atoms with E-state index in [9.17, 15) is 4.39 Å². The van der Waals surface area contributed by atoms with Gasteiger partial charge in [0.05, 0.1) is 5.52 Å². The Balaban J connectivity index is 1.78. The van der Waals surface area contributed by atoms with Gasteiger partial charge in [0.1, 0.15) is 5.82 Å². The molecule has 0 bridgehead atoms. The molecule has 1 aliphatic heterocycles. The van der Waals surface area contributed by atoms with Crippen LogP contribution in [0, 0.1) is 18.2 Å². The molecule has 0 spiro atoms. The van der Waals surface area contributed by atoms with E-state index < -0.39 is 0 Å². The van der Waals surface area contributed by atoms with Crippen molar-refractivity contribution in [2.24, 2.45) is 0 Å². The van der Waals surface area contributed by atoms with Crippen molar-refractivity contribution in [2.75, 3.05) is 37.6 Å². The van der Waals surface area contributed by atoms with Gasteiger partial charge in [-0.2, -0.15) is 0 Å². The summed E-state index contributed by atoms with van der Waals surface area (Å²) in [6.07, 6.45) is 7.87. The number of halogens is 1. The molecule has 0 saturated carbocycles. The fourth-order valence-electron chi connectivity index (χ4n) is 2.82. The normalized spacial score (nSPS) is 16.1. The van der Waals surface area contributed by atoms with Crippen molar-refractivity contribution < 1.29 is 4.39 Å². The summed E-state index contributed by atoms with van der Waals surface area (Å²) in [5.41, 5.74) is 1.85. The van der Waals surface area contributed by atoms with Gasteiger partial charge in [0, 0.05) is 62.5 Å². The Labute approximate surface area is 124 Å². The van der Waals surface area contributed by atoms with Crippen LogP contribution in [0.5, 0.6) is 0 Å². The molecule has 0 N–H and O–H groups in total. The van der Waals surface area contributed by atoms with Gasteiger partial charge in [0.2, 0.25) is 0 Å². The van der Waals surface area contributed by atoms with Crippen LogP contribution in [0.2, 0.25) is 0 Å². The first-order valence-electron chi connectivity index (χ1n) is 7.23. The van der Waals surface area contributed by atoms with E-state index >= 15 is 0 Å². The minimum Gasteiger partial charge on any atom is -0.368 e. The van der Waals surface area contributed by atoms with Crippen LogP contribution in [0.25, 0.3) is 10.9 Å². The van der Waals surface area contributed by atoms with E-state index in [1.807, 2.05) is 12.1 Å². The third-order valence-corrected chi connectivity index (χ3v) is 3.97. The smallest absolute Gasteiger partial charge is 0.125 e. The lowest BCUT2D eigenvalue weighted by molar-refractivity contribution is 0.264. The maximum atomic E-state index is 13.3. The highest BCUT2D eigenvalue weighted by molar-refractivity contribution is 5.91. The number of benzene rings is 1. The van der Waals surface area contributed by atoms with Crippen molar-refractivity contribution in [3.05, 3.63) is 36.3 Å². The molecule has 0 unspecified atom stereocenters. The number of fused-ring (bicyclic) bond motifs is 1. The SMILES string of the molecule is C#CCCN1CCN(c2ccnc3cc(F)ccc23)CC1. The third-order valence-electron chi connectivity index (χ3n) is 3.97. The van der Waals surface area contributed by atoms with Gasteiger partial charge in [0.15, 0.2) is 0 Å². The molecule has 0 amide bonds. The van der Waals surface area contributed by atoms with Crippen LogP contribution in [0.3, 0.4) is 0 Å². The van der Waals surface area contributed by atoms with Crippen molar-refractivity contribution in [3.8, 4) is 12.3 Å². The molecule has 0 radical (unpaired) electrons. The van der Waals surface area contributed by atoms with Gasteiger partial charge < -0.3 is 4.90 Å². The summed E-state index contributed by atoms with van der Waals surface area (Å²) in [6, 6.07) is 6.81. The van der Waals surface area contributed by atoms with Crippen LogP contribution in [-0.2, 0) is 0 Å². The minimum absolute atomic E-state index is 0.244. The van der Waals surface area contributed by atoms with Gasteiger partial charge in [-0.25, -0.2) is 4.39 Å². The van der Waals surface area contributed by atoms with Gasteiger partial charge in [-0.1, -0.05) is 0 Å². The van der Waals surface area contributed by atoms with Gasteiger partial charge in [0.25, 0.3) is 0 Å². The predicted octanol–water partition coefficient (Wildman–Crippen LogP) is 2.52. The molecule has 0 atom stereocenters. The first kappa shape index (κ1) is 13.8. The topological polar surface area (TPSA) is 19.4 Å². The van der Waals surface area contributed by atoms with E-state index in [4.69, 9.17) is 6.42 Å². The molecule has 1 saturated heterocycles. The Morgan fingerprint density at radius 3 is 2.76 bits per heavy atom. The lowest BCUT2D eigenvalue weighted by Crippen LogP contribution is -2.46. The lowest BCUT2D eigenvalue weighted by atomic mass is 10.1. The highest BCUT2D eigenvalue weighted by Gasteiger charge is 2.18. The molecule has 1 aromatic heterocycles. The van der Waals surface area contributed by atoms with Crippen LogP contribution in [-0.4, -0.2) is 42.6 Å². The van der Waals surface area contributed by atoms with Crippen molar-refractivity contribution in [1.29, 1.82) is 0 Å². The molecule has 3 nitrogen and oxygen atoms in total. The molecule has 108 valence electrons. The van der Waals surface area contributed by atoms with Crippen molar-refractivity contribution >= 4 is 16.6 Å². The fraction of sp³-hybridized carbons (Fsp3) is 0.353. The molecule has 1 aromatic carbocycles. The van der Waals surface area contributed by atoms with Crippen LogP contribution < -0.4 is 4.90 Å². The average Bonchev–Trinajstić information content (AvgIpc) is 2.52. The van der Waals surface area contributed by atoms with Gasteiger partial charge in [-0.3, -0.25) is 9.88 Å². The largest absolute Gasteiger partial charge is 0.368 e. The summed E-state index contributed by atoms with van der Waals surface area (Å²) in [5, 5.41) is 1.01. The maximum absolute atomic E-state index is 13.3. The molecule has 3 rings (SSSR count). The second-order valence-corrected chi connectivity index (χ2v) is 5.27. The summed E-state index contributed by atoms with van der Waals surface area (Å²) >= 11 is 0. The zero-order valence-corrected chi connectivity index (χ0v) is 11.9. The van der Waals surface area contributed by atoms with Crippen molar-refractivity contribution in [3.63, 3.8) is 0 Å². The Hall–Kier alpha value is -2.12. The summed E-state index contributed by atoms with van der Waals surface area (Å²) in [5.74, 6) is 2.44. The predicted molar refractivity (Wildman–Crippen MR) is 83.8 cm³/mol. The van der Waals surface area contributed by atoms with E-state index in [2.05, 4.69) is 20.7 Å². The highest BCUT2D eigenvalue weighted by Crippen LogP contribution is 2.26. The third kappa shape index (κ3) is 2.98. The number of piperazine rings is 1. The number of pyridine rings is 1. The van der Waals surface area contributed by atoms with Crippen LogP contribution in [0.4, 0.5) is 10.1 Å². The first-order valence-corrected chi connectivity index (χ1v) is 7.23. The van der Waals surface area contributed by atoms with Gasteiger partial charge in [-0.05, 0) is 18.2 Å². The summed E-state index contributed by atoms with van der Waals surface area (Å²) in [6.45, 7) is 4.90. The van der Waals surface area contributed by atoms with Gasteiger partial charge >= 0.3 is 0 Å². The van der Waals surface area contributed by atoms with E-state index in [0.29, 0.717) is 5.52 Å². The van der Waals surface area contributed by atoms with E-state index in [1.54, 1.807) is 6.20 Å². The van der Waals surface area contributed by atoms with E-state index in [0.717, 1.165) is 50.2 Å². The maximum Gasteiger partial charge on any atom is 0.125 e. The average molecular weight is 283 g/mol. The molecule has 0 aliphatic carbocycles. The van der Waals surface area contributed by atoms with Crippen molar-refractivity contribution in [1.82, 2.24) is 9.88 Å². The number of hydrogen-bond donors (Lipinski definition) is 0. The molecule has 4 heteroatoms. The fourth-order valence-corrected chi connectivity index (χ4v) is 2.82. The zero-order valence-electron chi connectivity index (χ0n) is 11.9. The lowest BCUT2D eigenvalue weighted by Gasteiger charge is -2.36. The second kappa shape index (κ2) is 6.11. The number of nitrogens with zero attached hydrogens (tertiary/aromatic N) is 3. The molecule has 2 aromatic rings. The molecule has 21 heavy (non-hydrogen) atoms. The summed E-state index contributed by atoms with van der Waals surface area (Å²) < 4.78 is 13.3. The van der Waals surface area contributed by atoms with Gasteiger partial charge in [-0.15, -0.1) is 12.3 Å². The molecule has 1 aliphatic rings. The van der Waals surface area contributed by atoms with E-state index in [-0.39, 0.29) is 5.82 Å². The number of terminal acetylenes is 1. The molecule has 1 fully saturated rings. The number of hydrogen-bond acceptors (Lipinski definition) is 3. The Bertz CT molecular complexity index is 669. The van der Waals surface area contributed by atoms with Crippen molar-refractivity contribution in [2.45, 2.75) is 6.42 Å². The summed E-state index contributed by atoms with van der Waals surface area (Å²) in [4.78, 5) is 8.98. The standard InChI is InChI=1S/C17H18FN3/c1-2-3-8-20-9-11-21(12-10-20)17-6-7-19-16-13-14(18)4-5-15(16)17/h1,4-7,13H,3,8-12H2. The van der Waals surface area contributed by atoms with Crippen LogP contribution in [0.15, 0.2) is 30.5 Å². The van der Waals surface area contributed by atoms with E-state index in [1.165, 1.54) is 12.1 Å². The molecular formula is C17H18FN3. The summed E-state index contributed by atoms with van der Waals surface area (Å²) in [7, 11) is 0. The first-order chi connectivity index (χ1) is 10.3. The minimum atomic E-state index is -0.244. The number of aromatic nitrogens is 1. The zero-order chi connectivity index (χ0) is 14.7. The van der Waals surface area contributed by atoms with Crippen LogP contribution >= 0.6 is 0 Å². The Morgan fingerprint density at radius 1 is 1.19 bits per heavy atom. The molecule has 2 heterocycles. The monoisotopic (exact) mass is 283 g/mol. The quantitative estimate of drug-likeness (QED) is 0.807. The Kier molecular flexibility index (Phi) is 4.03.